The van der Waals surface area contributed by atoms with Gasteiger partial charge in [-0.2, -0.15) is 18.3 Å². The number of rotatable bonds is 4. The van der Waals surface area contributed by atoms with E-state index in [0.717, 1.165) is 24.8 Å². The molecule has 5 nitrogen and oxygen atoms in total. The number of nitrogens with zero attached hydrogens (tertiary/aromatic N) is 2. The molecular weight excluding hydrogens is 403 g/mol. The van der Waals surface area contributed by atoms with Gasteiger partial charge in [-0.05, 0) is 66.8 Å². The van der Waals surface area contributed by atoms with Crippen molar-refractivity contribution < 1.29 is 21.6 Å². The average molecular weight is 421 g/mol. The molecule has 1 aromatic heterocycles. The minimum absolute atomic E-state index is 0.0806. The van der Waals surface area contributed by atoms with Gasteiger partial charge in [0.15, 0.2) is 0 Å². The van der Waals surface area contributed by atoms with E-state index in [1.807, 2.05) is 18.2 Å². The number of alkyl halides is 3. The fraction of sp³-hybridized carbons (Fsp3) is 0.250. The number of hydrogen-bond acceptors (Lipinski definition) is 3. The molecule has 4 rings (SSSR count). The molecule has 0 bridgehead atoms. The van der Waals surface area contributed by atoms with E-state index in [1.54, 1.807) is 0 Å². The van der Waals surface area contributed by atoms with E-state index in [4.69, 9.17) is 5.14 Å². The zero-order valence-electron chi connectivity index (χ0n) is 15.3. The molecule has 152 valence electrons. The van der Waals surface area contributed by atoms with Crippen LogP contribution in [0.4, 0.5) is 13.2 Å². The largest absolute Gasteiger partial charge is 0.394 e. The summed E-state index contributed by atoms with van der Waals surface area (Å²) in [7, 11) is -3.87. The molecule has 0 fully saturated rings. The van der Waals surface area contributed by atoms with E-state index >= 15 is 0 Å². The molecule has 0 atom stereocenters. The average Bonchev–Trinajstić information content (AvgIpc) is 3.25. The monoisotopic (exact) mass is 421 g/mol. The molecule has 3 aromatic rings. The molecule has 9 heteroatoms. The van der Waals surface area contributed by atoms with Crippen LogP contribution in [0.5, 0.6) is 0 Å². The Morgan fingerprint density at radius 1 is 1.00 bits per heavy atom. The van der Waals surface area contributed by atoms with E-state index < -0.39 is 22.6 Å². The van der Waals surface area contributed by atoms with Crippen LogP contribution in [0.25, 0.3) is 16.9 Å². The predicted octanol–water partition coefficient (Wildman–Crippen LogP) is 3.78. The highest BCUT2D eigenvalue weighted by molar-refractivity contribution is 7.89. The third-order valence-electron chi connectivity index (χ3n) is 4.95. The number of aryl methyl sites for hydroxylation is 2. The topological polar surface area (TPSA) is 78.0 Å². The molecule has 1 aliphatic carbocycles. The van der Waals surface area contributed by atoms with Crippen molar-refractivity contribution in [2.45, 2.75) is 36.8 Å². The van der Waals surface area contributed by atoms with Gasteiger partial charge in [-0.15, -0.1) is 0 Å². The van der Waals surface area contributed by atoms with Crippen LogP contribution in [0.3, 0.4) is 0 Å². The molecule has 29 heavy (non-hydrogen) atoms. The van der Waals surface area contributed by atoms with Gasteiger partial charge < -0.3 is 0 Å². The number of nitrogens with two attached hydrogens (primary N) is 1. The SMILES string of the molecule is NS(=O)(=O)c1ccc(-n2nc(CC(F)(F)F)cc2-c2ccc3c(c2)CCC3)cc1. The second-order valence-electron chi connectivity index (χ2n) is 7.10. The van der Waals surface area contributed by atoms with Crippen LogP contribution in [0.2, 0.25) is 0 Å². The molecular formula is C20H18F3N3O2S. The van der Waals surface area contributed by atoms with E-state index in [-0.39, 0.29) is 10.6 Å². The van der Waals surface area contributed by atoms with Gasteiger partial charge in [0, 0.05) is 5.56 Å². The lowest BCUT2D eigenvalue weighted by molar-refractivity contribution is -0.127. The third-order valence-corrected chi connectivity index (χ3v) is 5.87. The summed E-state index contributed by atoms with van der Waals surface area (Å²) in [5, 5.41) is 9.26. The van der Waals surface area contributed by atoms with Gasteiger partial charge in [0.05, 0.1) is 28.4 Å². The van der Waals surface area contributed by atoms with Crippen LogP contribution in [-0.4, -0.2) is 24.4 Å². The molecule has 1 aliphatic rings. The summed E-state index contributed by atoms with van der Waals surface area (Å²) in [5.74, 6) is 0. The number of halogens is 3. The van der Waals surface area contributed by atoms with Crippen molar-refractivity contribution in [3.8, 4) is 16.9 Å². The number of primary sulfonamides is 1. The minimum atomic E-state index is -4.38. The highest BCUT2D eigenvalue weighted by Gasteiger charge is 2.30. The fourth-order valence-electron chi connectivity index (χ4n) is 3.63. The molecule has 0 saturated carbocycles. The van der Waals surface area contributed by atoms with Gasteiger partial charge in [0.25, 0.3) is 0 Å². The fourth-order valence-corrected chi connectivity index (χ4v) is 4.15. The van der Waals surface area contributed by atoms with Gasteiger partial charge in [-0.3, -0.25) is 0 Å². The Morgan fingerprint density at radius 2 is 1.69 bits per heavy atom. The van der Waals surface area contributed by atoms with Crippen LogP contribution in [-0.2, 0) is 29.3 Å². The molecule has 2 aromatic carbocycles. The highest BCUT2D eigenvalue weighted by atomic mass is 32.2. The molecule has 0 radical (unpaired) electrons. The minimum Gasteiger partial charge on any atom is -0.233 e. The molecule has 0 unspecified atom stereocenters. The number of sulfonamides is 1. The number of benzene rings is 2. The number of aromatic nitrogens is 2. The Bertz CT molecular complexity index is 1170. The first-order valence-corrected chi connectivity index (χ1v) is 10.6. The van der Waals surface area contributed by atoms with Crippen molar-refractivity contribution in [2.75, 3.05) is 0 Å². The van der Waals surface area contributed by atoms with Gasteiger partial charge in [-0.1, -0.05) is 12.1 Å². The Balaban J connectivity index is 1.81. The summed E-state index contributed by atoms with van der Waals surface area (Å²) in [5.41, 5.74) is 4.07. The quantitative estimate of drug-likeness (QED) is 0.696. The first-order chi connectivity index (χ1) is 13.6. The van der Waals surface area contributed by atoms with Gasteiger partial charge in [0.1, 0.15) is 0 Å². The Morgan fingerprint density at radius 3 is 2.34 bits per heavy atom. The van der Waals surface area contributed by atoms with E-state index in [0.29, 0.717) is 11.4 Å². The van der Waals surface area contributed by atoms with E-state index in [2.05, 4.69) is 5.10 Å². The summed E-state index contributed by atoms with van der Waals surface area (Å²) in [4.78, 5) is -0.0806. The first kappa shape index (κ1) is 19.7. The molecule has 0 spiro atoms. The van der Waals surface area contributed by atoms with Crippen molar-refractivity contribution >= 4 is 10.0 Å². The maximum absolute atomic E-state index is 12.9. The smallest absolute Gasteiger partial charge is 0.233 e. The van der Waals surface area contributed by atoms with Crippen LogP contribution < -0.4 is 5.14 Å². The lowest BCUT2D eigenvalue weighted by Crippen LogP contribution is -2.13. The van der Waals surface area contributed by atoms with E-state index in [1.165, 1.54) is 46.1 Å². The molecule has 0 amide bonds. The Kier molecular flexibility index (Phi) is 4.74. The van der Waals surface area contributed by atoms with Crippen molar-refractivity contribution in [1.29, 1.82) is 0 Å². The molecule has 2 N–H and O–H groups in total. The van der Waals surface area contributed by atoms with Crippen molar-refractivity contribution in [3.63, 3.8) is 0 Å². The standard InChI is InChI=1S/C20H18F3N3O2S/c21-20(22,23)12-16-11-19(15-5-4-13-2-1-3-14(13)10-15)26(25-16)17-6-8-18(9-7-17)29(24,27)28/h4-11H,1-3,12H2,(H2,24,27,28). The van der Waals surface area contributed by atoms with Crippen LogP contribution in [0.15, 0.2) is 53.4 Å². The summed E-state index contributed by atoms with van der Waals surface area (Å²) in [6.07, 6.45) is -2.52. The number of hydrogen-bond donors (Lipinski definition) is 1. The maximum Gasteiger partial charge on any atom is 0.394 e. The van der Waals surface area contributed by atoms with Gasteiger partial charge >= 0.3 is 6.18 Å². The van der Waals surface area contributed by atoms with Crippen LogP contribution in [0.1, 0.15) is 23.2 Å². The van der Waals surface area contributed by atoms with E-state index in [9.17, 15) is 21.6 Å². The second-order valence-corrected chi connectivity index (χ2v) is 8.66. The third kappa shape index (κ3) is 4.20. The summed E-state index contributed by atoms with van der Waals surface area (Å²) >= 11 is 0. The molecule has 0 saturated heterocycles. The lowest BCUT2D eigenvalue weighted by Gasteiger charge is -2.10. The zero-order valence-corrected chi connectivity index (χ0v) is 16.1. The lowest BCUT2D eigenvalue weighted by atomic mass is 10.0. The summed E-state index contributed by atoms with van der Waals surface area (Å²) < 4.78 is 63.1. The van der Waals surface area contributed by atoms with Crippen molar-refractivity contribution in [1.82, 2.24) is 9.78 Å². The normalized spacial score (nSPS) is 14.2. The van der Waals surface area contributed by atoms with Crippen LogP contribution >= 0.6 is 0 Å². The molecule has 1 heterocycles. The van der Waals surface area contributed by atoms with Gasteiger partial charge in [0.2, 0.25) is 10.0 Å². The van der Waals surface area contributed by atoms with Gasteiger partial charge in [-0.25, -0.2) is 18.2 Å². The number of fused-ring (bicyclic) bond motifs is 1. The van der Waals surface area contributed by atoms with Crippen molar-refractivity contribution in [2.24, 2.45) is 5.14 Å². The predicted molar refractivity (Wildman–Crippen MR) is 102 cm³/mol. The Hall–Kier alpha value is -2.65. The first-order valence-electron chi connectivity index (χ1n) is 9.01. The Labute approximate surface area is 166 Å². The van der Waals surface area contributed by atoms with Crippen LogP contribution in [0, 0.1) is 0 Å². The summed E-state index contributed by atoms with van der Waals surface area (Å²) in [6, 6.07) is 12.9. The second kappa shape index (κ2) is 7.00. The maximum atomic E-state index is 12.9. The molecule has 0 aliphatic heterocycles. The van der Waals surface area contributed by atoms with Crippen molar-refractivity contribution in [3.05, 3.63) is 65.4 Å². The zero-order chi connectivity index (χ0) is 20.8. The summed E-state index contributed by atoms with van der Waals surface area (Å²) in [6.45, 7) is 0. The highest BCUT2D eigenvalue weighted by Crippen LogP contribution is 2.31.